The van der Waals surface area contributed by atoms with Gasteiger partial charge in [-0.05, 0) is 19.1 Å². The van der Waals surface area contributed by atoms with Crippen molar-refractivity contribution in [2.75, 3.05) is 0 Å². The average Bonchev–Trinajstić information content (AvgIpc) is 2.74. The van der Waals surface area contributed by atoms with E-state index in [1.807, 2.05) is 25.1 Å². The third-order valence-electron chi connectivity index (χ3n) is 2.78. The predicted octanol–water partition coefficient (Wildman–Crippen LogP) is 2.15. The highest BCUT2D eigenvalue weighted by atomic mass is 15.3. The maximum absolute atomic E-state index is 4.53. The molecule has 0 unspecified atom stereocenters. The molecule has 0 fully saturated rings. The lowest BCUT2D eigenvalue weighted by Crippen LogP contribution is -1.98. The molecular formula is C12H12N4. The van der Waals surface area contributed by atoms with Gasteiger partial charge >= 0.3 is 0 Å². The number of aromatic nitrogens is 4. The second-order valence-electron chi connectivity index (χ2n) is 3.81. The summed E-state index contributed by atoms with van der Waals surface area (Å²) in [5.41, 5.74) is 3.84. The number of benzene rings is 1. The van der Waals surface area contributed by atoms with Crippen molar-refractivity contribution >= 4 is 16.7 Å². The molecule has 0 aliphatic rings. The molecule has 16 heavy (non-hydrogen) atoms. The molecule has 0 bridgehead atoms. The number of rotatable bonds is 1. The lowest BCUT2D eigenvalue weighted by atomic mass is 10.3. The third-order valence-corrected chi connectivity index (χ3v) is 2.78. The van der Waals surface area contributed by atoms with E-state index < -0.39 is 0 Å². The molecule has 0 aliphatic heterocycles. The Labute approximate surface area is 93.0 Å². The Morgan fingerprint density at radius 3 is 2.81 bits per heavy atom. The fourth-order valence-electron chi connectivity index (χ4n) is 2.01. The Hall–Kier alpha value is -1.97. The molecule has 1 aromatic carbocycles. The zero-order chi connectivity index (χ0) is 11.1. The molecule has 2 heterocycles. The molecule has 3 rings (SSSR count). The highest BCUT2D eigenvalue weighted by Crippen LogP contribution is 2.17. The first-order chi connectivity index (χ1) is 7.81. The van der Waals surface area contributed by atoms with Crippen LogP contribution in [0, 0.1) is 6.92 Å². The molecule has 2 aromatic heterocycles. The first kappa shape index (κ1) is 9.27. The van der Waals surface area contributed by atoms with Crippen molar-refractivity contribution in [2.24, 2.45) is 0 Å². The molecule has 0 atom stereocenters. The van der Waals surface area contributed by atoms with Gasteiger partial charge in [0.05, 0.1) is 16.7 Å². The molecule has 0 spiro atoms. The van der Waals surface area contributed by atoms with Gasteiger partial charge in [0.2, 0.25) is 0 Å². The van der Waals surface area contributed by atoms with Crippen LogP contribution in [0.3, 0.4) is 0 Å². The lowest BCUT2D eigenvalue weighted by Gasteiger charge is -2.04. The number of aryl methyl sites for hydroxylation is 2. The van der Waals surface area contributed by atoms with Crippen LogP contribution in [0.2, 0.25) is 0 Å². The van der Waals surface area contributed by atoms with E-state index in [9.17, 15) is 0 Å². The van der Waals surface area contributed by atoms with Crippen LogP contribution >= 0.6 is 0 Å². The standard InChI is InChI=1S/C12H12N4/c1-3-11-14-15-12-8(2)13-9-6-4-5-7-10(9)16(11)12/h4-7H,3H2,1-2H3. The molecule has 4 heteroatoms. The minimum Gasteiger partial charge on any atom is -0.276 e. The monoisotopic (exact) mass is 212 g/mol. The van der Waals surface area contributed by atoms with E-state index in [0.717, 1.165) is 34.6 Å². The molecule has 0 saturated heterocycles. The maximum atomic E-state index is 4.53. The van der Waals surface area contributed by atoms with Gasteiger partial charge in [-0.2, -0.15) is 0 Å². The summed E-state index contributed by atoms with van der Waals surface area (Å²) in [7, 11) is 0. The number of para-hydroxylation sites is 2. The van der Waals surface area contributed by atoms with Crippen molar-refractivity contribution < 1.29 is 0 Å². The molecule has 80 valence electrons. The lowest BCUT2D eigenvalue weighted by molar-refractivity contribution is 0.921. The van der Waals surface area contributed by atoms with E-state index >= 15 is 0 Å². The normalized spacial score (nSPS) is 11.4. The van der Waals surface area contributed by atoms with Crippen molar-refractivity contribution in [1.82, 2.24) is 19.6 Å². The second-order valence-corrected chi connectivity index (χ2v) is 3.81. The number of hydrogen-bond donors (Lipinski definition) is 0. The summed E-state index contributed by atoms with van der Waals surface area (Å²) in [6.07, 6.45) is 0.870. The van der Waals surface area contributed by atoms with Gasteiger partial charge in [0, 0.05) is 6.42 Å². The molecule has 0 aliphatic carbocycles. The first-order valence-corrected chi connectivity index (χ1v) is 5.40. The van der Waals surface area contributed by atoms with Crippen LogP contribution in [0.1, 0.15) is 18.4 Å². The van der Waals surface area contributed by atoms with Gasteiger partial charge in [0.25, 0.3) is 0 Å². The average molecular weight is 212 g/mol. The topological polar surface area (TPSA) is 43.1 Å². The fraction of sp³-hybridized carbons (Fsp3) is 0.250. The third kappa shape index (κ3) is 1.13. The van der Waals surface area contributed by atoms with Gasteiger partial charge in [0.15, 0.2) is 5.65 Å². The van der Waals surface area contributed by atoms with E-state index in [1.54, 1.807) is 0 Å². The second kappa shape index (κ2) is 3.27. The van der Waals surface area contributed by atoms with Crippen LogP contribution < -0.4 is 0 Å². The van der Waals surface area contributed by atoms with Gasteiger partial charge in [-0.3, -0.25) is 4.40 Å². The van der Waals surface area contributed by atoms with E-state index in [1.165, 1.54) is 0 Å². The Balaban J connectivity index is 2.59. The van der Waals surface area contributed by atoms with Crippen LogP contribution in [0.5, 0.6) is 0 Å². The molecule has 0 radical (unpaired) electrons. The smallest absolute Gasteiger partial charge is 0.182 e. The Bertz CT molecular complexity index is 669. The van der Waals surface area contributed by atoms with E-state index in [0.29, 0.717) is 0 Å². The minimum atomic E-state index is 0.857. The van der Waals surface area contributed by atoms with Crippen molar-refractivity contribution in [2.45, 2.75) is 20.3 Å². The van der Waals surface area contributed by atoms with Crippen LogP contribution in [-0.4, -0.2) is 19.6 Å². The Kier molecular flexibility index (Phi) is 1.89. The summed E-state index contributed by atoms with van der Waals surface area (Å²) in [5.74, 6) is 0.983. The van der Waals surface area contributed by atoms with Crippen LogP contribution in [-0.2, 0) is 6.42 Å². The van der Waals surface area contributed by atoms with Gasteiger partial charge in [-0.1, -0.05) is 19.1 Å². The SMILES string of the molecule is CCc1nnc2c(C)nc3ccccc3n12. The highest BCUT2D eigenvalue weighted by molar-refractivity contribution is 5.78. The summed E-state index contributed by atoms with van der Waals surface area (Å²) in [4.78, 5) is 4.53. The summed E-state index contributed by atoms with van der Waals surface area (Å²) in [5, 5.41) is 8.39. The molecular weight excluding hydrogens is 200 g/mol. The molecule has 0 N–H and O–H groups in total. The Morgan fingerprint density at radius 1 is 1.19 bits per heavy atom. The summed E-state index contributed by atoms with van der Waals surface area (Å²) >= 11 is 0. The van der Waals surface area contributed by atoms with Gasteiger partial charge in [-0.25, -0.2) is 4.98 Å². The van der Waals surface area contributed by atoms with Crippen molar-refractivity contribution in [1.29, 1.82) is 0 Å². The van der Waals surface area contributed by atoms with Gasteiger partial charge in [-0.15, -0.1) is 10.2 Å². The van der Waals surface area contributed by atoms with Crippen molar-refractivity contribution in [3.8, 4) is 0 Å². The van der Waals surface area contributed by atoms with Gasteiger partial charge < -0.3 is 0 Å². The van der Waals surface area contributed by atoms with Crippen LogP contribution in [0.25, 0.3) is 16.7 Å². The summed E-state index contributed by atoms with van der Waals surface area (Å²) in [6.45, 7) is 4.05. The number of nitrogens with zero attached hydrogens (tertiary/aromatic N) is 4. The van der Waals surface area contributed by atoms with E-state index in [-0.39, 0.29) is 0 Å². The minimum absolute atomic E-state index is 0.857. The van der Waals surface area contributed by atoms with E-state index in [2.05, 4.69) is 32.6 Å². The highest BCUT2D eigenvalue weighted by Gasteiger charge is 2.10. The Morgan fingerprint density at radius 2 is 2.00 bits per heavy atom. The van der Waals surface area contributed by atoms with Crippen molar-refractivity contribution in [3.05, 3.63) is 35.8 Å². The quantitative estimate of drug-likeness (QED) is 0.620. The van der Waals surface area contributed by atoms with Gasteiger partial charge in [0.1, 0.15) is 5.82 Å². The summed E-state index contributed by atoms with van der Waals surface area (Å²) in [6, 6.07) is 8.08. The number of hydrogen-bond acceptors (Lipinski definition) is 3. The van der Waals surface area contributed by atoms with Crippen molar-refractivity contribution in [3.63, 3.8) is 0 Å². The fourth-order valence-corrected chi connectivity index (χ4v) is 2.01. The molecule has 4 nitrogen and oxygen atoms in total. The predicted molar refractivity (Wildman–Crippen MR) is 62.4 cm³/mol. The van der Waals surface area contributed by atoms with Crippen LogP contribution in [0.4, 0.5) is 0 Å². The summed E-state index contributed by atoms with van der Waals surface area (Å²) < 4.78 is 2.09. The zero-order valence-corrected chi connectivity index (χ0v) is 9.31. The first-order valence-electron chi connectivity index (χ1n) is 5.40. The molecule has 0 saturated carbocycles. The maximum Gasteiger partial charge on any atom is 0.182 e. The van der Waals surface area contributed by atoms with E-state index in [4.69, 9.17) is 0 Å². The van der Waals surface area contributed by atoms with Crippen LogP contribution in [0.15, 0.2) is 24.3 Å². The number of fused-ring (bicyclic) bond motifs is 3. The largest absolute Gasteiger partial charge is 0.276 e. The molecule has 3 aromatic rings. The molecule has 0 amide bonds. The zero-order valence-electron chi connectivity index (χ0n) is 9.31.